The number of halogens is 2. The minimum absolute atomic E-state index is 0. The van der Waals surface area contributed by atoms with Gasteiger partial charge in [0, 0.05) is 35.6 Å². The molecule has 4 nitrogen and oxygen atoms in total. The van der Waals surface area contributed by atoms with E-state index in [2.05, 4.69) is 18.8 Å². The van der Waals surface area contributed by atoms with Crippen LogP contribution in [0.15, 0.2) is 35.2 Å². The molecule has 0 radical (unpaired) electrons. The van der Waals surface area contributed by atoms with Gasteiger partial charge >= 0.3 is 0 Å². The first-order valence-electron chi connectivity index (χ1n) is 7.51. The average molecular weight is 388 g/mol. The van der Waals surface area contributed by atoms with E-state index in [9.17, 15) is 4.79 Å². The fourth-order valence-electron chi connectivity index (χ4n) is 2.90. The zero-order valence-electron chi connectivity index (χ0n) is 13.8. The maximum atomic E-state index is 12.8. The molecule has 2 aromatic rings. The molecule has 2 N–H and O–H groups in total. The summed E-state index contributed by atoms with van der Waals surface area (Å²) in [5.74, 6) is 0.0806. The highest BCUT2D eigenvalue weighted by molar-refractivity contribution is 7.07. The van der Waals surface area contributed by atoms with Crippen LogP contribution in [0.2, 0.25) is 0 Å². The lowest BCUT2D eigenvalue weighted by molar-refractivity contribution is 0.0533. The third-order valence-corrected chi connectivity index (χ3v) is 5.02. The molecule has 7 heteroatoms. The van der Waals surface area contributed by atoms with Gasteiger partial charge in [0.15, 0.2) is 0 Å². The molecule has 1 aromatic heterocycles. The first-order valence-corrected chi connectivity index (χ1v) is 8.45. The molecule has 1 aliphatic rings. The number of rotatable bonds is 2. The number of hydrogen-bond donors (Lipinski definition) is 1. The number of piperidine rings is 1. The highest BCUT2D eigenvalue weighted by Crippen LogP contribution is 2.29. The van der Waals surface area contributed by atoms with Gasteiger partial charge in [-0.3, -0.25) is 4.79 Å². The Labute approximate surface area is 159 Å². The van der Waals surface area contributed by atoms with Crippen LogP contribution in [0.25, 0.3) is 11.3 Å². The molecule has 1 amide bonds. The summed E-state index contributed by atoms with van der Waals surface area (Å²) in [5, 5.41) is 1.99. The molecule has 0 bridgehead atoms. The van der Waals surface area contributed by atoms with Crippen LogP contribution in [-0.2, 0) is 0 Å². The molecule has 24 heavy (non-hydrogen) atoms. The van der Waals surface area contributed by atoms with E-state index >= 15 is 0 Å². The van der Waals surface area contributed by atoms with Crippen molar-refractivity contribution in [1.29, 1.82) is 0 Å². The van der Waals surface area contributed by atoms with Gasteiger partial charge in [-0.05, 0) is 24.0 Å². The first-order chi connectivity index (χ1) is 10.5. The average Bonchev–Trinajstić information content (AvgIpc) is 3.04. The predicted molar refractivity (Wildman–Crippen MR) is 104 cm³/mol. The molecule has 3 rings (SSSR count). The van der Waals surface area contributed by atoms with Gasteiger partial charge < -0.3 is 10.6 Å². The second kappa shape index (κ2) is 8.30. The van der Waals surface area contributed by atoms with Crippen molar-refractivity contribution in [2.45, 2.75) is 26.3 Å². The van der Waals surface area contributed by atoms with E-state index in [1.54, 1.807) is 16.8 Å². The Morgan fingerprint density at radius 3 is 2.75 bits per heavy atom. The smallest absolute Gasteiger partial charge is 0.253 e. The zero-order chi connectivity index (χ0) is 15.7. The second-order valence-corrected chi connectivity index (χ2v) is 7.28. The molecule has 0 aliphatic carbocycles. The third kappa shape index (κ3) is 4.28. The topological polar surface area (TPSA) is 59.2 Å². The number of nitrogens with two attached hydrogens (primary N) is 1. The van der Waals surface area contributed by atoms with Crippen molar-refractivity contribution in [3.8, 4) is 11.3 Å². The van der Waals surface area contributed by atoms with E-state index in [0.29, 0.717) is 6.54 Å². The van der Waals surface area contributed by atoms with Crippen molar-refractivity contribution in [1.82, 2.24) is 9.88 Å². The van der Waals surface area contributed by atoms with E-state index in [-0.39, 0.29) is 42.2 Å². The molecule has 132 valence electrons. The lowest BCUT2D eigenvalue weighted by atomic mass is 9.79. The van der Waals surface area contributed by atoms with Crippen LogP contribution in [0.1, 0.15) is 30.6 Å². The molecule has 0 saturated carbocycles. The van der Waals surface area contributed by atoms with E-state index in [4.69, 9.17) is 5.73 Å². The van der Waals surface area contributed by atoms with Crippen molar-refractivity contribution in [2.24, 2.45) is 11.1 Å². The molecule has 1 fully saturated rings. The zero-order valence-corrected chi connectivity index (χ0v) is 16.2. The minimum Gasteiger partial charge on any atom is -0.338 e. The Kier molecular flexibility index (Phi) is 7.23. The summed E-state index contributed by atoms with van der Waals surface area (Å²) in [7, 11) is 0. The number of benzene rings is 1. The Morgan fingerprint density at radius 1 is 1.38 bits per heavy atom. The Hall–Kier alpha value is -1.14. The maximum absolute atomic E-state index is 12.8. The third-order valence-electron chi connectivity index (χ3n) is 4.44. The van der Waals surface area contributed by atoms with E-state index in [1.807, 2.05) is 34.5 Å². The summed E-state index contributed by atoms with van der Waals surface area (Å²) in [5.41, 5.74) is 10.5. The minimum atomic E-state index is -0.0412. The highest BCUT2D eigenvalue weighted by atomic mass is 35.5. The quantitative estimate of drug-likeness (QED) is 0.850. The van der Waals surface area contributed by atoms with Crippen LogP contribution in [0.3, 0.4) is 0 Å². The Morgan fingerprint density at radius 2 is 2.12 bits per heavy atom. The molecule has 1 aromatic carbocycles. The number of carbonyl (C=O) groups excluding carboxylic acids is 1. The van der Waals surface area contributed by atoms with Gasteiger partial charge in [0.05, 0.1) is 11.2 Å². The van der Waals surface area contributed by atoms with Crippen LogP contribution < -0.4 is 5.73 Å². The van der Waals surface area contributed by atoms with Gasteiger partial charge in [-0.2, -0.15) is 0 Å². The van der Waals surface area contributed by atoms with E-state index in [0.717, 1.165) is 29.8 Å². The summed E-state index contributed by atoms with van der Waals surface area (Å²) in [6.45, 7) is 5.68. The van der Waals surface area contributed by atoms with Crippen LogP contribution in [0.4, 0.5) is 0 Å². The molecule has 2 heterocycles. The van der Waals surface area contributed by atoms with Crippen molar-refractivity contribution in [3.05, 3.63) is 40.7 Å². The SMILES string of the molecule is CC1(C)CN(C(=O)c2cccc(-c3cscn3)c2)CCC1N.Cl.Cl. The van der Waals surface area contributed by atoms with Gasteiger partial charge in [0.2, 0.25) is 0 Å². The van der Waals surface area contributed by atoms with Gasteiger partial charge in [0.1, 0.15) is 0 Å². The molecule has 1 unspecified atom stereocenters. The number of carbonyl (C=O) groups is 1. The number of aromatic nitrogens is 1. The van der Waals surface area contributed by atoms with Crippen molar-refractivity contribution in [2.75, 3.05) is 13.1 Å². The molecule has 1 saturated heterocycles. The fraction of sp³-hybridized carbons (Fsp3) is 0.412. The molecular weight excluding hydrogens is 365 g/mol. The van der Waals surface area contributed by atoms with Crippen LogP contribution in [0.5, 0.6) is 0 Å². The number of amides is 1. The van der Waals surface area contributed by atoms with Crippen LogP contribution in [-0.4, -0.2) is 34.9 Å². The number of nitrogens with zero attached hydrogens (tertiary/aromatic N) is 2. The predicted octanol–water partition coefficient (Wildman–Crippen LogP) is 3.85. The van der Waals surface area contributed by atoms with Crippen molar-refractivity contribution < 1.29 is 4.79 Å². The van der Waals surface area contributed by atoms with Gasteiger partial charge in [-0.1, -0.05) is 26.0 Å². The van der Waals surface area contributed by atoms with Crippen molar-refractivity contribution in [3.63, 3.8) is 0 Å². The molecule has 0 spiro atoms. The number of hydrogen-bond acceptors (Lipinski definition) is 4. The highest BCUT2D eigenvalue weighted by Gasteiger charge is 2.35. The summed E-state index contributed by atoms with van der Waals surface area (Å²) in [6.07, 6.45) is 0.852. The Balaban J connectivity index is 0.00000144. The summed E-state index contributed by atoms with van der Waals surface area (Å²) in [6, 6.07) is 7.86. The summed E-state index contributed by atoms with van der Waals surface area (Å²) in [4.78, 5) is 19.0. The molecule has 1 aliphatic heterocycles. The largest absolute Gasteiger partial charge is 0.338 e. The Bertz CT molecular complexity index is 676. The van der Waals surface area contributed by atoms with Crippen LogP contribution >= 0.6 is 36.2 Å². The standard InChI is InChI=1S/C17H21N3OS.2ClH/c1-17(2)10-20(7-6-15(17)18)16(21)13-5-3-4-12(8-13)14-9-22-11-19-14;;/h3-5,8-9,11,15H,6-7,10,18H2,1-2H3;2*1H. The lowest BCUT2D eigenvalue weighted by Gasteiger charge is -2.42. The monoisotopic (exact) mass is 387 g/mol. The number of likely N-dealkylation sites (tertiary alicyclic amines) is 1. The van der Waals surface area contributed by atoms with Crippen molar-refractivity contribution >= 4 is 42.1 Å². The first kappa shape index (κ1) is 20.9. The van der Waals surface area contributed by atoms with Crippen LogP contribution in [0, 0.1) is 5.41 Å². The van der Waals surface area contributed by atoms with Gasteiger partial charge in [-0.25, -0.2) is 4.98 Å². The lowest BCUT2D eigenvalue weighted by Crippen LogP contribution is -2.54. The van der Waals surface area contributed by atoms with E-state index < -0.39 is 0 Å². The normalized spacial score (nSPS) is 19.1. The van der Waals surface area contributed by atoms with E-state index in [1.165, 1.54) is 0 Å². The molecule has 1 atom stereocenters. The van der Waals surface area contributed by atoms with Gasteiger partial charge in [-0.15, -0.1) is 36.2 Å². The maximum Gasteiger partial charge on any atom is 0.253 e. The van der Waals surface area contributed by atoms with Gasteiger partial charge in [0.25, 0.3) is 5.91 Å². The summed E-state index contributed by atoms with van der Waals surface area (Å²) < 4.78 is 0. The summed E-state index contributed by atoms with van der Waals surface area (Å²) >= 11 is 1.56. The molecular formula is C17H23Cl2N3OS. The fourth-order valence-corrected chi connectivity index (χ4v) is 3.46. The number of thiazole rings is 1. The second-order valence-electron chi connectivity index (χ2n) is 6.56.